The van der Waals surface area contributed by atoms with Gasteiger partial charge in [0.05, 0.1) is 22.1 Å². The summed E-state index contributed by atoms with van der Waals surface area (Å²) in [5.41, 5.74) is 0.620. The van der Waals surface area contributed by atoms with Crippen LogP contribution in [0.1, 0.15) is 19.3 Å². The van der Waals surface area contributed by atoms with Crippen LogP contribution in [0.2, 0.25) is 0 Å². The van der Waals surface area contributed by atoms with Crippen LogP contribution in [0.4, 0.5) is 9.52 Å². The number of thiazole rings is 1. The van der Waals surface area contributed by atoms with Gasteiger partial charge < -0.3 is 10.4 Å². The molecule has 2 aliphatic rings. The van der Waals surface area contributed by atoms with E-state index in [0.717, 1.165) is 19.3 Å². The highest BCUT2D eigenvalue weighted by Gasteiger charge is 2.54. The Morgan fingerprint density at radius 3 is 2.74 bits per heavy atom. The van der Waals surface area contributed by atoms with Crippen LogP contribution in [0.25, 0.3) is 10.2 Å². The summed E-state index contributed by atoms with van der Waals surface area (Å²) in [4.78, 5) is 28.4. The van der Waals surface area contributed by atoms with Gasteiger partial charge in [-0.1, -0.05) is 11.3 Å². The van der Waals surface area contributed by atoms with Crippen LogP contribution in [-0.4, -0.2) is 22.0 Å². The summed E-state index contributed by atoms with van der Waals surface area (Å²) in [5, 5.41) is 12.6. The Bertz CT molecular complexity index is 806. The molecule has 1 amide bonds. The van der Waals surface area contributed by atoms with E-state index in [1.807, 2.05) is 0 Å². The van der Waals surface area contributed by atoms with Gasteiger partial charge in [-0.3, -0.25) is 9.59 Å². The van der Waals surface area contributed by atoms with Crippen LogP contribution >= 0.6 is 11.3 Å². The third-order valence-electron chi connectivity index (χ3n) is 5.08. The number of hydrogen-bond donors (Lipinski definition) is 2. The van der Waals surface area contributed by atoms with Crippen molar-refractivity contribution in [2.45, 2.75) is 19.3 Å². The van der Waals surface area contributed by atoms with Crippen molar-refractivity contribution in [3.8, 4) is 0 Å². The predicted molar refractivity (Wildman–Crippen MR) is 83.7 cm³/mol. The zero-order valence-corrected chi connectivity index (χ0v) is 13.0. The van der Waals surface area contributed by atoms with E-state index < -0.39 is 17.8 Å². The van der Waals surface area contributed by atoms with E-state index in [-0.39, 0.29) is 23.6 Å². The number of carbonyl (C=O) groups excluding carboxylic acids is 1. The van der Waals surface area contributed by atoms with Crippen molar-refractivity contribution in [3.05, 3.63) is 24.0 Å². The number of carboxylic acids is 1. The summed E-state index contributed by atoms with van der Waals surface area (Å²) in [6, 6.07) is 4.26. The lowest BCUT2D eigenvalue weighted by molar-refractivity contribution is -0.148. The van der Waals surface area contributed by atoms with E-state index in [1.54, 1.807) is 6.07 Å². The number of nitrogens with zero attached hydrogens (tertiary/aromatic N) is 1. The van der Waals surface area contributed by atoms with Gasteiger partial charge in [0.2, 0.25) is 5.91 Å². The molecule has 0 saturated heterocycles. The van der Waals surface area contributed by atoms with Gasteiger partial charge in [0.25, 0.3) is 0 Å². The highest BCUT2D eigenvalue weighted by Crippen LogP contribution is 2.52. The normalized spacial score (nSPS) is 29.1. The van der Waals surface area contributed by atoms with E-state index in [2.05, 4.69) is 10.3 Å². The Morgan fingerprint density at radius 2 is 2.00 bits per heavy atom. The molecule has 2 bridgehead atoms. The molecular formula is C16H15FN2O3S. The largest absolute Gasteiger partial charge is 0.481 e. The summed E-state index contributed by atoms with van der Waals surface area (Å²) < 4.78 is 13.9. The number of carbonyl (C=O) groups is 2. The van der Waals surface area contributed by atoms with Crippen LogP contribution in [0.15, 0.2) is 18.2 Å². The molecule has 2 fully saturated rings. The fraction of sp³-hybridized carbons (Fsp3) is 0.438. The molecular weight excluding hydrogens is 319 g/mol. The average Bonchev–Trinajstić information content (AvgIpc) is 3.18. The van der Waals surface area contributed by atoms with Gasteiger partial charge in [0.1, 0.15) is 5.82 Å². The SMILES string of the molecule is O=C(Nc1nc2ccc(F)cc2s1)[C@@H]1[C@H]2CC[C@@H](C2)[C@@H]1C(=O)O. The van der Waals surface area contributed by atoms with Crippen molar-refractivity contribution in [1.29, 1.82) is 0 Å². The number of rotatable bonds is 3. The Kier molecular flexibility index (Phi) is 3.33. The highest BCUT2D eigenvalue weighted by atomic mass is 32.1. The second-order valence-corrected chi connectivity index (χ2v) is 7.37. The number of halogens is 1. The monoisotopic (exact) mass is 334 g/mol. The number of nitrogens with one attached hydrogen (secondary N) is 1. The first-order valence-corrected chi connectivity index (χ1v) is 8.44. The molecule has 0 spiro atoms. The van der Waals surface area contributed by atoms with Crippen LogP contribution in [0.5, 0.6) is 0 Å². The maximum absolute atomic E-state index is 13.2. The maximum atomic E-state index is 13.2. The van der Waals surface area contributed by atoms with Gasteiger partial charge in [0, 0.05) is 0 Å². The van der Waals surface area contributed by atoms with E-state index in [9.17, 15) is 19.1 Å². The zero-order valence-electron chi connectivity index (χ0n) is 12.2. The van der Waals surface area contributed by atoms with Crippen LogP contribution in [0.3, 0.4) is 0 Å². The molecule has 7 heteroatoms. The second kappa shape index (κ2) is 5.26. The predicted octanol–water partition coefficient (Wildman–Crippen LogP) is 3.12. The Hall–Kier alpha value is -2.02. The molecule has 2 aromatic rings. The number of hydrogen-bond acceptors (Lipinski definition) is 4. The van der Waals surface area contributed by atoms with Crippen molar-refractivity contribution in [2.24, 2.45) is 23.7 Å². The smallest absolute Gasteiger partial charge is 0.307 e. The molecule has 2 aliphatic carbocycles. The molecule has 4 rings (SSSR count). The Labute approximate surface area is 135 Å². The zero-order chi connectivity index (χ0) is 16.1. The molecule has 1 aromatic carbocycles. The summed E-state index contributed by atoms with van der Waals surface area (Å²) in [6.45, 7) is 0. The topological polar surface area (TPSA) is 79.3 Å². The van der Waals surface area contributed by atoms with Gasteiger partial charge >= 0.3 is 5.97 Å². The van der Waals surface area contributed by atoms with Gasteiger partial charge in [-0.15, -0.1) is 0 Å². The first kappa shape index (κ1) is 14.6. The van der Waals surface area contributed by atoms with E-state index in [0.29, 0.717) is 15.3 Å². The van der Waals surface area contributed by atoms with Crippen molar-refractivity contribution >= 4 is 38.6 Å². The number of amides is 1. The molecule has 120 valence electrons. The molecule has 1 aromatic heterocycles. The first-order chi connectivity index (χ1) is 11.0. The number of fused-ring (bicyclic) bond motifs is 3. The fourth-order valence-electron chi connectivity index (χ4n) is 4.16. The molecule has 0 radical (unpaired) electrons. The summed E-state index contributed by atoms with van der Waals surface area (Å²) in [5.74, 6) is -2.34. The van der Waals surface area contributed by atoms with E-state index >= 15 is 0 Å². The quantitative estimate of drug-likeness (QED) is 0.904. The minimum atomic E-state index is -0.885. The second-order valence-electron chi connectivity index (χ2n) is 6.34. The van der Waals surface area contributed by atoms with Gasteiger partial charge in [-0.05, 0) is 49.3 Å². The van der Waals surface area contributed by atoms with Gasteiger partial charge in [-0.25, -0.2) is 9.37 Å². The summed E-state index contributed by atoms with van der Waals surface area (Å²) in [6.07, 6.45) is 2.63. The Morgan fingerprint density at radius 1 is 1.26 bits per heavy atom. The molecule has 4 atom stereocenters. The number of aromatic nitrogens is 1. The molecule has 0 aliphatic heterocycles. The third kappa shape index (κ3) is 2.39. The molecule has 5 nitrogen and oxygen atoms in total. The maximum Gasteiger partial charge on any atom is 0.307 e. The lowest BCUT2D eigenvalue weighted by atomic mass is 9.79. The molecule has 23 heavy (non-hydrogen) atoms. The number of carboxylic acid groups (broad SMARTS) is 1. The number of anilines is 1. The summed E-state index contributed by atoms with van der Waals surface area (Å²) >= 11 is 1.20. The van der Waals surface area contributed by atoms with Gasteiger partial charge in [-0.2, -0.15) is 0 Å². The number of aliphatic carboxylic acids is 1. The van der Waals surface area contributed by atoms with Crippen molar-refractivity contribution in [3.63, 3.8) is 0 Å². The summed E-state index contributed by atoms with van der Waals surface area (Å²) in [7, 11) is 0. The van der Waals surface area contributed by atoms with Crippen molar-refractivity contribution in [1.82, 2.24) is 4.98 Å². The van der Waals surface area contributed by atoms with Gasteiger partial charge in [0.15, 0.2) is 5.13 Å². The van der Waals surface area contributed by atoms with Crippen LogP contribution in [-0.2, 0) is 9.59 Å². The fourth-order valence-corrected chi connectivity index (χ4v) is 5.06. The van der Waals surface area contributed by atoms with E-state index in [4.69, 9.17) is 0 Å². The third-order valence-corrected chi connectivity index (χ3v) is 6.02. The van der Waals surface area contributed by atoms with Crippen LogP contribution in [0, 0.1) is 29.5 Å². The minimum absolute atomic E-state index is 0.109. The van der Waals surface area contributed by atoms with Crippen molar-refractivity contribution < 1.29 is 19.1 Å². The average molecular weight is 334 g/mol. The first-order valence-electron chi connectivity index (χ1n) is 7.62. The molecule has 1 heterocycles. The highest BCUT2D eigenvalue weighted by molar-refractivity contribution is 7.22. The molecule has 2 N–H and O–H groups in total. The Balaban J connectivity index is 1.57. The van der Waals surface area contributed by atoms with Crippen molar-refractivity contribution in [2.75, 3.05) is 5.32 Å². The standard InChI is InChI=1S/C16H15FN2O3S/c17-9-3-4-10-11(6-9)23-16(18-10)19-14(20)12-7-1-2-8(5-7)13(12)15(21)22/h3-4,6-8,12-13H,1-2,5H2,(H,21,22)(H,18,19,20)/t7-,8-,12+,13-/m0/s1. The lowest BCUT2D eigenvalue weighted by Gasteiger charge is -2.26. The lowest BCUT2D eigenvalue weighted by Crippen LogP contribution is -2.37. The minimum Gasteiger partial charge on any atom is -0.481 e. The van der Waals surface area contributed by atoms with E-state index in [1.165, 1.54) is 23.5 Å². The molecule has 2 saturated carbocycles. The number of benzene rings is 1. The van der Waals surface area contributed by atoms with Crippen LogP contribution < -0.4 is 5.32 Å². The molecule has 0 unspecified atom stereocenters.